The van der Waals surface area contributed by atoms with Crippen molar-refractivity contribution in [1.82, 2.24) is 8.97 Å². The van der Waals surface area contributed by atoms with Gasteiger partial charge in [0.25, 0.3) is 0 Å². The lowest BCUT2D eigenvalue weighted by Gasteiger charge is -2.25. The predicted octanol–water partition coefficient (Wildman–Crippen LogP) is 10.2. The normalized spacial score (nSPS) is 11.4. The minimum atomic E-state index is 1.12. The van der Waals surface area contributed by atoms with E-state index in [0.29, 0.717) is 0 Å². The third-order valence-corrected chi connectivity index (χ3v) is 7.90. The van der Waals surface area contributed by atoms with Gasteiger partial charge in [-0.15, -0.1) is 0 Å². The van der Waals surface area contributed by atoms with Crippen molar-refractivity contribution in [1.29, 1.82) is 0 Å². The van der Waals surface area contributed by atoms with Gasteiger partial charge in [0.2, 0.25) is 0 Å². The van der Waals surface area contributed by atoms with Gasteiger partial charge in [0, 0.05) is 39.9 Å². The highest BCUT2D eigenvalue weighted by atomic mass is 15.1. The molecule has 3 aromatic heterocycles. The number of para-hydroxylation sites is 4. The highest BCUT2D eigenvalue weighted by molar-refractivity contribution is 6.17. The number of rotatable bonds is 5. The molecular weight excluding hydrogens is 498 g/mol. The zero-order valence-electron chi connectivity index (χ0n) is 22.4. The van der Waals surface area contributed by atoms with E-state index in [1.165, 1.54) is 38.6 Å². The first-order valence-electron chi connectivity index (χ1n) is 14.0. The van der Waals surface area contributed by atoms with Crippen molar-refractivity contribution in [2.45, 2.75) is 0 Å². The molecule has 0 aliphatic carbocycles. The minimum absolute atomic E-state index is 1.12. The molecule has 0 atom stereocenters. The first-order valence-corrected chi connectivity index (χ1v) is 14.0. The second kappa shape index (κ2) is 9.58. The van der Waals surface area contributed by atoms with E-state index in [1.807, 2.05) is 0 Å². The molecule has 8 rings (SSSR count). The molecule has 3 heteroatoms. The van der Waals surface area contributed by atoms with Gasteiger partial charge in [0.05, 0.1) is 22.1 Å². The molecule has 0 amide bonds. The van der Waals surface area contributed by atoms with Crippen molar-refractivity contribution >= 4 is 44.5 Å². The first-order chi connectivity index (χ1) is 20.4. The number of pyridine rings is 1. The Bertz CT molecular complexity index is 2080. The third-order valence-electron chi connectivity index (χ3n) is 7.90. The van der Waals surface area contributed by atoms with E-state index >= 15 is 0 Å². The fourth-order valence-electron chi connectivity index (χ4n) is 6.17. The second-order valence-electron chi connectivity index (χ2n) is 10.3. The van der Waals surface area contributed by atoms with E-state index in [1.54, 1.807) is 0 Å². The van der Waals surface area contributed by atoms with Gasteiger partial charge in [0.15, 0.2) is 0 Å². The van der Waals surface area contributed by atoms with Crippen LogP contribution in [0.4, 0.5) is 17.1 Å². The highest BCUT2D eigenvalue weighted by Gasteiger charge is 2.23. The van der Waals surface area contributed by atoms with Crippen molar-refractivity contribution in [3.8, 4) is 16.8 Å². The summed E-state index contributed by atoms with van der Waals surface area (Å²) < 4.78 is 4.77. The Morgan fingerprint density at radius 2 is 0.951 bits per heavy atom. The Balaban J connectivity index is 1.38. The average molecular weight is 526 g/mol. The van der Waals surface area contributed by atoms with Crippen molar-refractivity contribution in [3.05, 3.63) is 164 Å². The maximum absolute atomic E-state index is 2.42. The van der Waals surface area contributed by atoms with Crippen LogP contribution in [0.15, 0.2) is 164 Å². The Kier molecular flexibility index (Phi) is 5.46. The van der Waals surface area contributed by atoms with E-state index in [0.717, 1.165) is 22.7 Å². The zero-order chi connectivity index (χ0) is 27.2. The Morgan fingerprint density at radius 1 is 0.415 bits per heavy atom. The lowest BCUT2D eigenvalue weighted by atomic mass is 10.0. The standard InChI is InChI=1S/C38H27N3/c1-4-14-29(15-5-1)40(30-16-6-2-7-17-30)32-25-23-28(24-26-32)36-35-22-12-13-27-39(35)37-33-20-10-11-21-34(33)41(38(36)37)31-18-8-3-9-19-31/h1-27H. The van der Waals surface area contributed by atoms with Crippen LogP contribution in [0.1, 0.15) is 0 Å². The van der Waals surface area contributed by atoms with Crippen LogP contribution >= 0.6 is 0 Å². The molecular formula is C38H27N3. The van der Waals surface area contributed by atoms with Gasteiger partial charge < -0.3 is 13.9 Å². The number of benzene rings is 5. The number of anilines is 3. The average Bonchev–Trinajstić information content (AvgIpc) is 3.56. The van der Waals surface area contributed by atoms with Gasteiger partial charge in [-0.25, -0.2) is 0 Å². The minimum Gasteiger partial charge on any atom is -0.314 e. The number of aromatic nitrogens is 2. The molecule has 0 spiro atoms. The molecule has 3 nitrogen and oxygen atoms in total. The molecule has 0 saturated carbocycles. The molecule has 0 aliphatic rings. The summed E-state index contributed by atoms with van der Waals surface area (Å²) in [6, 6.07) is 56.0. The summed E-state index contributed by atoms with van der Waals surface area (Å²) in [6.07, 6.45) is 2.18. The Labute approximate surface area is 238 Å². The molecule has 0 radical (unpaired) electrons. The topological polar surface area (TPSA) is 12.6 Å². The largest absolute Gasteiger partial charge is 0.314 e. The summed E-state index contributed by atoms with van der Waals surface area (Å²) in [5, 5.41) is 1.25. The van der Waals surface area contributed by atoms with E-state index < -0.39 is 0 Å². The first kappa shape index (κ1) is 23.4. The maximum atomic E-state index is 2.42. The van der Waals surface area contributed by atoms with Gasteiger partial charge in [-0.3, -0.25) is 0 Å². The van der Waals surface area contributed by atoms with Crippen LogP contribution < -0.4 is 4.90 Å². The smallest absolute Gasteiger partial charge is 0.0809 e. The third kappa shape index (κ3) is 3.75. The van der Waals surface area contributed by atoms with Gasteiger partial charge >= 0.3 is 0 Å². The van der Waals surface area contributed by atoms with Gasteiger partial charge in [-0.1, -0.05) is 91.0 Å². The Hall–Kier alpha value is -5.54. The summed E-state index contributed by atoms with van der Waals surface area (Å²) in [5.41, 5.74) is 11.8. The van der Waals surface area contributed by atoms with Gasteiger partial charge in [-0.05, 0) is 72.3 Å². The molecule has 0 unspecified atom stereocenters. The zero-order valence-corrected chi connectivity index (χ0v) is 22.4. The quantitative estimate of drug-likeness (QED) is 0.218. The summed E-state index contributed by atoms with van der Waals surface area (Å²) >= 11 is 0. The van der Waals surface area contributed by atoms with E-state index in [-0.39, 0.29) is 0 Å². The molecule has 0 aliphatic heterocycles. The predicted molar refractivity (Wildman–Crippen MR) is 172 cm³/mol. The molecule has 194 valence electrons. The van der Waals surface area contributed by atoms with Crippen LogP contribution in [0, 0.1) is 0 Å². The SMILES string of the molecule is c1ccc(N(c2ccccc2)c2ccc(-c3c4c(c5ccccc5n4-c4ccccc4)n4ccccc34)cc2)cc1. The van der Waals surface area contributed by atoms with Crippen molar-refractivity contribution in [3.63, 3.8) is 0 Å². The molecule has 0 saturated heterocycles. The van der Waals surface area contributed by atoms with Crippen LogP contribution in [0.2, 0.25) is 0 Å². The molecule has 3 heterocycles. The summed E-state index contributed by atoms with van der Waals surface area (Å²) in [7, 11) is 0. The van der Waals surface area contributed by atoms with Crippen molar-refractivity contribution in [2.24, 2.45) is 0 Å². The van der Waals surface area contributed by atoms with E-state index in [9.17, 15) is 0 Å². The molecule has 0 bridgehead atoms. The van der Waals surface area contributed by atoms with Crippen molar-refractivity contribution in [2.75, 3.05) is 4.90 Å². The molecule has 41 heavy (non-hydrogen) atoms. The number of nitrogens with zero attached hydrogens (tertiary/aromatic N) is 3. The molecule has 5 aromatic carbocycles. The van der Waals surface area contributed by atoms with Crippen LogP contribution in [-0.4, -0.2) is 8.97 Å². The van der Waals surface area contributed by atoms with Gasteiger partial charge in [0.1, 0.15) is 0 Å². The Morgan fingerprint density at radius 3 is 1.63 bits per heavy atom. The van der Waals surface area contributed by atoms with Gasteiger partial charge in [-0.2, -0.15) is 0 Å². The number of fused-ring (bicyclic) bond motifs is 5. The summed E-state index contributed by atoms with van der Waals surface area (Å²) in [5.74, 6) is 0. The fourth-order valence-corrected chi connectivity index (χ4v) is 6.17. The molecule has 8 aromatic rings. The maximum Gasteiger partial charge on any atom is 0.0809 e. The summed E-state index contributed by atoms with van der Waals surface area (Å²) in [4.78, 5) is 2.30. The fraction of sp³-hybridized carbons (Fsp3) is 0. The number of hydrogen-bond acceptors (Lipinski definition) is 1. The summed E-state index contributed by atoms with van der Waals surface area (Å²) in [6.45, 7) is 0. The molecule has 0 fully saturated rings. The van der Waals surface area contributed by atoms with Crippen LogP contribution in [0.25, 0.3) is 44.3 Å². The number of hydrogen-bond donors (Lipinski definition) is 0. The van der Waals surface area contributed by atoms with Crippen LogP contribution in [-0.2, 0) is 0 Å². The second-order valence-corrected chi connectivity index (χ2v) is 10.3. The van der Waals surface area contributed by atoms with Crippen molar-refractivity contribution < 1.29 is 0 Å². The van der Waals surface area contributed by atoms with Crippen LogP contribution in [0.3, 0.4) is 0 Å². The lowest BCUT2D eigenvalue weighted by Crippen LogP contribution is -2.09. The van der Waals surface area contributed by atoms with Crippen LogP contribution in [0.5, 0.6) is 0 Å². The highest BCUT2D eigenvalue weighted by Crippen LogP contribution is 2.43. The van der Waals surface area contributed by atoms with E-state index in [2.05, 4.69) is 178 Å². The van der Waals surface area contributed by atoms with E-state index in [4.69, 9.17) is 0 Å². The monoisotopic (exact) mass is 525 g/mol. The lowest BCUT2D eigenvalue weighted by molar-refractivity contribution is 1.18. The molecule has 0 N–H and O–H groups in total.